The minimum Gasteiger partial charge on any atom is -0.370 e. The SMILES string of the molecule is CCNc1nc(NCC)c2ccccc2n1. The lowest BCUT2D eigenvalue weighted by Gasteiger charge is -2.09. The number of para-hydroxylation sites is 1. The number of aromatic nitrogens is 2. The highest BCUT2D eigenvalue weighted by Crippen LogP contribution is 2.21. The van der Waals surface area contributed by atoms with Crippen LogP contribution in [0, 0.1) is 0 Å². The van der Waals surface area contributed by atoms with Gasteiger partial charge in [0, 0.05) is 18.5 Å². The summed E-state index contributed by atoms with van der Waals surface area (Å²) in [6, 6.07) is 8.02. The van der Waals surface area contributed by atoms with Crippen LogP contribution in [0.15, 0.2) is 24.3 Å². The smallest absolute Gasteiger partial charge is 0.225 e. The zero-order chi connectivity index (χ0) is 11.4. The van der Waals surface area contributed by atoms with Gasteiger partial charge < -0.3 is 10.6 Å². The lowest BCUT2D eigenvalue weighted by atomic mass is 10.2. The zero-order valence-electron chi connectivity index (χ0n) is 9.62. The summed E-state index contributed by atoms with van der Waals surface area (Å²) in [4.78, 5) is 8.89. The van der Waals surface area contributed by atoms with Gasteiger partial charge in [-0.15, -0.1) is 0 Å². The molecule has 0 saturated heterocycles. The molecule has 1 aromatic carbocycles. The molecule has 84 valence electrons. The maximum absolute atomic E-state index is 4.45. The first-order valence-corrected chi connectivity index (χ1v) is 5.59. The van der Waals surface area contributed by atoms with Crippen molar-refractivity contribution in [3.05, 3.63) is 24.3 Å². The molecule has 0 aliphatic carbocycles. The molecule has 0 unspecified atom stereocenters. The zero-order valence-corrected chi connectivity index (χ0v) is 9.62. The first-order chi connectivity index (χ1) is 7.85. The van der Waals surface area contributed by atoms with Gasteiger partial charge in [-0.25, -0.2) is 4.98 Å². The predicted molar refractivity (Wildman–Crippen MR) is 67.9 cm³/mol. The van der Waals surface area contributed by atoms with Gasteiger partial charge in [0.25, 0.3) is 0 Å². The van der Waals surface area contributed by atoms with Gasteiger partial charge in [-0.2, -0.15) is 4.98 Å². The van der Waals surface area contributed by atoms with Crippen LogP contribution in [0.25, 0.3) is 10.9 Å². The molecule has 0 amide bonds. The number of nitrogens with one attached hydrogen (secondary N) is 2. The molecular formula is C12H16N4. The lowest BCUT2D eigenvalue weighted by molar-refractivity contribution is 1.09. The third-order valence-electron chi connectivity index (χ3n) is 2.28. The molecule has 1 heterocycles. The van der Waals surface area contributed by atoms with E-state index in [1.54, 1.807) is 0 Å². The third kappa shape index (κ3) is 2.05. The van der Waals surface area contributed by atoms with E-state index in [9.17, 15) is 0 Å². The number of fused-ring (bicyclic) bond motifs is 1. The Bertz CT molecular complexity index is 481. The fraction of sp³-hybridized carbons (Fsp3) is 0.333. The number of benzene rings is 1. The second kappa shape index (κ2) is 4.79. The Hall–Kier alpha value is -1.84. The molecule has 2 rings (SSSR count). The molecule has 1 aromatic heterocycles. The molecule has 2 aromatic rings. The molecule has 0 radical (unpaired) electrons. The molecule has 2 N–H and O–H groups in total. The Balaban J connectivity index is 2.54. The van der Waals surface area contributed by atoms with E-state index in [-0.39, 0.29) is 0 Å². The molecule has 4 heteroatoms. The summed E-state index contributed by atoms with van der Waals surface area (Å²) in [6.07, 6.45) is 0. The summed E-state index contributed by atoms with van der Waals surface area (Å²) in [5.41, 5.74) is 0.962. The first kappa shape index (κ1) is 10.7. The lowest BCUT2D eigenvalue weighted by Crippen LogP contribution is -2.06. The van der Waals surface area contributed by atoms with E-state index in [0.29, 0.717) is 5.95 Å². The molecule has 0 aliphatic rings. The fourth-order valence-electron chi connectivity index (χ4n) is 1.62. The van der Waals surface area contributed by atoms with E-state index >= 15 is 0 Å². The summed E-state index contributed by atoms with van der Waals surface area (Å²) < 4.78 is 0. The van der Waals surface area contributed by atoms with Crippen molar-refractivity contribution in [2.45, 2.75) is 13.8 Å². The van der Waals surface area contributed by atoms with Gasteiger partial charge in [0.05, 0.1) is 5.52 Å². The van der Waals surface area contributed by atoms with Crippen LogP contribution in [0.4, 0.5) is 11.8 Å². The van der Waals surface area contributed by atoms with Crippen LogP contribution >= 0.6 is 0 Å². The first-order valence-electron chi connectivity index (χ1n) is 5.59. The maximum atomic E-state index is 4.45. The summed E-state index contributed by atoms with van der Waals surface area (Å²) in [6.45, 7) is 5.77. The molecule has 16 heavy (non-hydrogen) atoms. The quantitative estimate of drug-likeness (QED) is 0.824. The van der Waals surface area contributed by atoms with Crippen LogP contribution in [-0.2, 0) is 0 Å². The molecule has 0 fully saturated rings. The van der Waals surface area contributed by atoms with Crippen molar-refractivity contribution < 1.29 is 0 Å². The van der Waals surface area contributed by atoms with E-state index in [2.05, 4.69) is 27.5 Å². The highest BCUT2D eigenvalue weighted by atomic mass is 15.1. The second-order valence-corrected chi connectivity index (χ2v) is 3.47. The number of rotatable bonds is 4. The fourth-order valence-corrected chi connectivity index (χ4v) is 1.62. The van der Waals surface area contributed by atoms with Crippen molar-refractivity contribution in [3.8, 4) is 0 Å². The number of nitrogens with zero attached hydrogens (tertiary/aromatic N) is 2. The molecule has 0 saturated carbocycles. The highest BCUT2D eigenvalue weighted by Gasteiger charge is 2.05. The van der Waals surface area contributed by atoms with Crippen molar-refractivity contribution in [3.63, 3.8) is 0 Å². The van der Waals surface area contributed by atoms with Crippen LogP contribution in [-0.4, -0.2) is 23.1 Å². The molecule has 4 nitrogen and oxygen atoms in total. The maximum Gasteiger partial charge on any atom is 0.225 e. The van der Waals surface area contributed by atoms with E-state index in [1.165, 1.54) is 0 Å². The van der Waals surface area contributed by atoms with Crippen molar-refractivity contribution in [2.24, 2.45) is 0 Å². The van der Waals surface area contributed by atoms with Crippen LogP contribution in [0.3, 0.4) is 0 Å². The van der Waals surface area contributed by atoms with Gasteiger partial charge >= 0.3 is 0 Å². The summed E-state index contributed by atoms with van der Waals surface area (Å²) >= 11 is 0. The minimum atomic E-state index is 0.678. The largest absolute Gasteiger partial charge is 0.370 e. The number of anilines is 2. The minimum absolute atomic E-state index is 0.678. The van der Waals surface area contributed by atoms with Gasteiger partial charge in [-0.1, -0.05) is 12.1 Å². The van der Waals surface area contributed by atoms with Gasteiger partial charge in [0.1, 0.15) is 5.82 Å². The Labute approximate surface area is 95.1 Å². The summed E-state index contributed by atoms with van der Waals surface area (Å²) in [7, 11) is 0. The van der Waals surface area contributed by atoms with Gasteiger partial charge in [-0.3, -0.25) is 0 Å². The molecule has 0 aliphatic heterocycles. The van der Waals surface area contributed by atoms with Crippen LogP contribution in [0.5, 0.6) is 0 Å². The summed E-state index contributed by atoms with van der Waals surface area (Å²) in [5.74, 6) is 1.57. The van der Waals surface area contributed by atoms with Gasteiger partial charge in [-0.05, 0) is 26.0 Å². The average molecular weight is 216 g/mol. The third-order valence-corrected chi connectivity index (χ3v) is 2.28. The Morgan fingerprint density at radius 2 is 1.75 bits per heavy atom. The van der Waals surface area contributed by atoms with Gasteiger partial charge in [0.15, 0.2) is 0 Å². The van der Waals surface area contributed by atoms with Gasteiger partial charge in [0.2, 0.25) is 5.95 Å². The normalized spacial score (nSPS) is 10.4. The monoisotopic (exact) mass is 216 g/mol. The Morgan fingerprint density at radius 3 is 2.50 bits per heavy atom. The number of hydrogen-bond donors (Lipinski definition) is 2. The highest BCUT2D eigenvalue weighted by molar-refractivity contribution is 5.89. The van der Waals surface area contributed by atoms with Crippen molar-refractivity contribution >= 4 is 22.7 Å². The van der Waals surface area contributed by atoms with Crippen LogP contribution in [0.2, 0.25) is 0 Å². The molecule has 0 atom stereocenters. The van der Waals surface area contributed by atoms with E-state index in [0.717, 1.165) is 29.8 Å². The van der Waals surface area contributed by atoms with Crippen molar-refractivity contribution in [1.29, 1.82) is 0 Å². The second-order valence-electron chi connectivity index (χ2n) is 3.47. The topological polar surface area (TPSA) is 49.8 Å². The van der Waals surface area contributed by atoms with E-state index in [1.807, 2.05) is 31.2 Å². The predicted octanol–water partition coefficient (Wildman–Crippen LogP) is 2.49. The summed E-state index contributed by atoms with van der Waals surface area (Å²) in [5, 5.41) is 7.46. The standard InChI is InChI=1S/C12H16N4/c1-3-13-11-9-7-5-6-8-10(9)15-12(16-11)14-4-2/h5-8H,3-4H2,1-2H3,(H2,13,14,15,16). The molecule has 0 bridgehead atoms. The molecular weight excluding hydrogens is 200 g/mol. The average Bonchev–Trinajstić information content (AvgIpc) is 2.30. The van der Waals surface area contributed by atoms with Crippen LogP contribution in [0.1, 0.15) is 13.8 Å². The van der Waals surface area contributed by atoms with Crippen molar-refractivity contribution in [1.82, 2.24) is 9.97 Å². The van der Waals surface area contributed by atoms with E-state index < -0.39 is 0 Å². The Kier molecular flexibility index (Phi) is 3.19. The number of hydrogen-bond acceptors (Lipinski definition) is 4. The molecule has 0 spiro atoms. The van der Waals surface area contributed by atoms with Crippen molar-refractivity contribution in [2.75, 3.05) is 23.7 Å². The van der Waals surface area contributed by atoms with E-state index in [4.69, 9.17) is 0 Å². The Morgan fingerprint density at radius 1 is 1.00 bits per heavy atom. The van der Waals surface area contributed by atoms with Crippen LogP contribution < -0.4 is 10.6 Å².